The molecule has 0 atom stereocenters. The molecule has 0 aliphatic rings. The van der Waals surface area contributed by atoms with Crippen molar-refractivity contribution in [3.63, 3.8) is 0 Å². The van der Waals surface area contributed by atoms with Crippen LogP contribution in [0.2, 0.25) is 0 Å². The lowest BCUT2D eigenvalue weighted by Crippen LogP contribution is -2.15. The summed E-state index contributed by atoms with van der Waals surface area (Å²) in [6.45, 7) is 1.43. The van der Waals surface area contributed by atoms with Crippen LogP contribution in [0.4, 0.5) is 4.39 Å². The van der Waals surface area contributed by atoms with E-state index in [0.717, 1.165) is 0 Å². The Morgan fingerprint density at radius 3 is 2.50 bits per heavy atom. The molecule has 1 aromatic heterocycles. The Kier molecular flexibility index (Phi) is 2.44. The number of aromatic nitrogens is 2. The molecule has 0 bridgehead atoms. The van der Waals surface area contributed by atoms with E-state index in [2.05, 4.69) is 9.97 Å². The molecule has 5 heteroatoms. The second kappa shape index (κ2) is 3.77. The fourth-order valence-corrected chi connectivity index (χ4v) is 1.33. The van der Waals surface area contributed by atoms with E-state index in [1.165, 1.54) is 19.1 Å². The van der Waals surface area contributed by atoms with Crippen LogP contribution in [0.1, 0.15) is 5.69 Å². The molecule has 0 saturated heterocycles. The highest BCUT2D eigenvalue weighted by atomic mass is 19.1. The van der Waals surface area contributed by atoms with Gasteiger partial charge in [-0.2, -0.15) is 4.39 Å². The van der Waals surface area contributed by atoms with E-state index in [4.69, 9.17) is 5.11 Å². The molecule has 0 amide bonds. The molecule has 1 heterocycles. The molecular formula is C11H9FN2O2. The summed E-state index contributed by atoms with van der Waals surface area (Å²) in [7, 11) is 0. The molecule has 16 heavy (non-hydrogen) atoms. The van der Waals surface area contributed by atoms with Gasteiger partial charge >= 0.3 is 0 Å². The molecule has 0 aliphatic carbocycles. The van der Waals surface area contributed by atoms with Gasteiger partial charge in [-0.1, -0.05) is 0 Å². The summed E-state index contributed by atoms with van der Waals surface area (Å²) in [6, 6.07) is 6.11. The van der Waals surface area contributed by atoms with Gasteiger partial charge in [-0.15, -0.1) is 0 Å². The molecule has 0 aliphatic heterocycles. The number of hydrogen-bond donors (Lipinski definition) is 2. The SMILES string of the molecule is Cc1nc(-c2ccc(O)cc2)[nH]c(=O)c1F. The number of rotatable bonds is 1. The number of nitrogens with one attached hydrogen (secondary N) is 1. The van der Waals surface area contributed by atoms with Crippen LogP contribution in [0.25, 0.3) is 11.4 Å². The average molecular weight is 220 g/mol. The summed E-state index contributed by atoms with van der Waals surface area (Å²) in [5.74, 6) is -0.476. The van der Waals surface area contributed by atoms with Crippen LogP contribution >= 0.6 is 0 Å². The lowest BCUT2D eigenvalue weighted by molar-refractivity contribution is 0.475. The number of benzene rings is 1. The van der Waals surface area contributed by atoms with Gasteiger partial charge in [0.1, 0.15) is 11.6 Å². The summed E-state index contributed by atoms with van der Waals surface area (Å²) in [5.41, 5.74) is -0.139. The summed E-state index contributed by atoms with van der Waals surface area (Å²) < 4.78 is 13.0. The zero-order valence-electron chi connectivity index (χ0n) is 8.49. The number of aromatic hydroxyl groups is 1. The molecule has 0 saturated carbocycles. The zero-order chi connectivity index (χ0) is 11.7. The number of H-pyrrole nitrogens is 1. The number of phenolic OH excluding ortho intramolecular Hbond substituents is 1. The molecule has 0 fully saturated rings. The Bertz CT molecular complexity index is 576. The van der Waals surface area contributed by atoms with Gasteiger partial charge in [0.15, 0.2) is 0 Å². The first-order valence-electron chi connectivity index (χ1n) is 4.64. The quantitative estimate of drug-likeness (QED) is 0.766. The van der Waals surface area contributed by atoms with Crippen LogP contribution < -0.4 is 5.56 Å². The average Bonchev–Trinajstić information content (AvgIpc) is 2.26. The molecular weight excluding hydrogens is 211 g/mol. The highest BCUT2D eigenvalue weighted by molar-refractivity contribution is 5.55. The lowest BCUT2D eigenvalue weighted by Gasteiger charge is -2.02. The molecule has 4 nitrogen and oxygen atoms in total. The standard InChI is InChI=1S/C11H9FN2O2/c1-6-9(12)11(16)14-10(13-6)7-2-4-8(15)5-3-7/h2-5,15H,1H3,(H,13,14,16). The Labute approximate surface area is 90.4 Å². The monoisotopic (exact) mass is 220 g/mol. The van der Waals surface area contributed by atoms with Gasteiger partial charge in [-0.3, -0.25) is 4.79 Å². The molecule has 1 aromatic carbocycles. The van der Waals surface area contributed by atoms with E-state index in [1.807, 2.05) is 0 Å². The van der Waals surface area contributed by atoms with Crippen LogP contribution in [-0.2, 0) is 0 Å². The third-order valence-corrected chi connectivity index (χ3v) is 2.17. The number of nitrogens with zero attached hydrogens (tertiary/aromatic N) is 1. The smallest absolute Gasteiger partial charge is 0.287 e. The van der Waals surface area contributed by atoms with Gasteiger partial charge < -0.3 is 10.1 Å². The van der Waals surface area contributed by atoms with E-state index >= 15 is 0 Å². The molecule has 0 unspecified atom stereocenters. The number of aryl methyl sites for hydroxylation is 1. The third kappa shape index (κ3) is 1.79. The normalized spacial score (nSPS) is 10.4. The molecule has 0 spiro atoms. The predicted molar refractivity (Wildman–Crippen MR) is 56.7 cm³/mol. The van der Waals surface area contributed by atoms with Crippen molar-refractivity contribution < 1.29 is 9.50 Å². The summed E-state index contributed by atoms with van der Waals surface area (Å²) in [6.07, 6.45) is 0. The van der Waals surface area contributed by atoms with Gasteiger partial charge in [0.05, 0.1) is 5.69 Å². The summed E-state index contributed by atoms with van der Waals surface area (Å²) in [4.78, 5) is 17.4. The van der Waals surface area contributed by atoms with Crippen molar-refractivity contribution in [1.29, 1.82) is 0 Å². The highest BCUT2D eigenvalue weighted by Crippen LogP contribution is 2.17. The van der Waals surface area contributed by atoms with Crippen molar-refractivity contribution in [3.05, 3.63) is 46.1 Å². The maximum Gasteiger partial charge on any atom is 0.287 e. The maximum atomic E-state index is 13.0. The largest absolute Gasteiger partial charge is 0.508 e. The maximum absolute atomic E-state index is 13.0. The van der Waals surface area contributed by atoms with Crippen molar-refractivity contribution >= 4 is 0 Å². The first kappa shape index (κ1) is 10.4. The Morgan fingerprint density at radius 1 is 1.31 bits per heavy atom. The number of hydrogen-bond acceptors (Lipinski definition) is 3. The van der Waals surface area contributed by atoms with Crippen LogP contribution in [0.15, 0.2) is 29.1 Å². The third-order valence-electron chi connectivity index (χ3n) is 2.17. The van der Waals surface area contributed by atoms with Crippen molar-refractivity contribution in [3.8, 4) is 17.1 Å². The van der Waals surface area contributed by atoms with Crippen LogP contribution in [0, 0.1) is 12.7 Å². The topological polar surface area (TPSA) is 66.0 Å². The first-order chi connectivity index (χ1) is 7.58. The molecule has 0 radical (unpaired) electrons. The Hall–Kier alpha value is -2.17. The second-order valence-corrected chi connectivity index (χ2v) is 3.36. The van der Waals surface area contributed by atoms with Gasteiger partial charge in [0.2, 0.25) is 5.82 Å². The zero-order valence-corrected chi connectivity index (χ0v) is 8.49. The minimum Gasteiger partial charge on any atom is -0.508 e. The lowest BCUT2D eigenvalue weighted by atomic mass is 10.2. The van der Waals surface area contributed by atoms with Gasteiger partial charge in [0, 0.05) is 5.56 Å². The van der Waals surface area contributed by atoms with Crippen molar-refractivity contribution in [2.75, 3.05) is 0 Å². The van der Waals surface area contributed by atoms with Gasteiger partial charge in [-0.25, -0.2) is 4.98 Å². The van der Waals surface area contributed by atoms with E-state index in [-0.39, 0.29) is 17.3 Å². The number of phenols is 1. The van der Waals surface area contributed by atoms with E-state index < -0.39 is 11.4 Å². The molecule has 82 valence electrons. The van der Waals surface area contributed by atoms with Crippen LogP contribution in [0.5, 0.6) is 5.75 Å². The number of aromatic amines is 1. The summed E-state index contributed by atoms with van der Waals surface area (Å²) >= 11 is 0. The Morgan fingerprint density at radius 2 is 1.94 bits per heavy atom. The van der Waals surface area contributed by atoms with E-state index in [1.54, 1.807) is 12.1 Å². The summed E-state index contributed by atoms with van der Waals surface area (Å²) in [5, 5.41) is 9.10. The van der Waals surface area contributed by atoms with E-state index in [0.29, 0.717) is 5.56 Å². The van der Waals surface area contributed by atoms with E-state index in [9.17, 15) is 9.18 Å². The number of halogens is 1. The molecule has 2 aromatic rings. The second-order valence-electron chi connectivity index (χ2n) is 3.36. The van der Waals surface area contributed by atoms with Gasteiger partial charge in [0.25, 0.3) is 5.56 Å². The molecule has 2 rings (SSSR count). The van der Waals surface area contributed by atoms with Crippen molar-refractivity contribution in [2.24, 2.45) is 0 Å². The molecule has 2 N–H and O–H groups in total. The minimum atomic E-state index is -0.873. The fraction of sp³-hybridized carbons (Fsp3) is 0.0909. The van der Waals surface area contributed by atoms with Crippen molar-refractivity contribution in [1.82, 2.24) is 9.97 Å². The first-order valence-corrected chi connectivity index (χ1v) is 4.64. The fourth-order valence-electron chi connectivity index (χ4n) is 1.33. The minimum absolute atomic E-state index is 0.0480. The van der Waals surface area contributed by atoms with Gasteiger partial charge in [-0.05, 0) is 31.2 Å². The van der Waals surface area contributed by atoms with Crippen molar-refractivity contribution in [2.45, 2.75) is 6.92 Å². The predicted octanol–water partition coefficient (Wildman–Crippen LogP) is 1.59. The Balaban J connectivity index is 2.57. The van der Waals surface area contributed by atoms with Crippen LogP contribution in [0.3, 0.4) is 0 Å². The highest BCUT2D eigenvalue weighted by Gasteiger charge is 2.08. The van der Waals surface area contributed by atoms with Crippen LogP contribution in [-0.4, -0.2) is 15.1 Å².